The van der Waals surface area contributed by atoms with Crippen LogP contribution in [0.4, 0.5) is 0 Å². The van der Waals surface area contributed by atoms with E-state index in [0.29, 0.717) is 24.9 Å². The lowest BCUT2D eigenvalue weighted by Crippen LogP contribution is -2.56. The molecule has 1 heterocycles. The molecule has 1 aliphatic heterocycles. The summed E-state index contributed by atoms with van der Waals surface area (Å²) in [7, 11) is 0. The van der Waals surface area contributed by atoms with E-state index in [2.05, 4.69) is 5.32 Å². The van der Waals surface area contributed by atoms with Gasteiger partial charge < -0.3 is 10.2 Å². The maximum absolute atomic E-state index is 13.2. The summed E-state index contributed by atoms with van der Waals surface area (Å²) in [6.45, 7) is 6.67. The maximum Gasteiger partial charge on any atom is 0.252 e. The fraction of sp³-hybridized carbons (Fsp3) is 0.364. The number of benzene rings is 2. The van der Waals surface area contributed by atoms with Gasteiger partial charge in [0, 0.05) is 24.6 Å². The van der Waals surface area contributed by atoms with Crippen LogP contribution >= 0.6 is 0 Å². The first-order chi connectivity index (χ1) is 12.4. The highest BCUT2D eigenvalue weighted by Crippen LogP contribution is 2.29. The number of carbonyl (C=O) groups is 2. The van der Waals surface area contributed by atoms with Crippen LogP contribution in [0.15, 0.2) is 54.6 Å². The van der Waals surface area contributed by atoms with E-state index in [4.69, 9.17) is 0 Å². The molecule has 1 unspecified atom stereocenters. The summed E-state index contributed by atoms with van der Waals surface area (Å²) in [5.74, 6) is -0.184. The van der Waals surface area contributed by atoms with Gasteiger partial charge in [-0.1, -0.05) is 48.0 Å². The van der Waals surface area contributed by atoms with Crippen molar-refractivity contribution in [1.29, 1.82) is 0 Å². The molecule has 1 aliphatic rings. The Morgan fingerprint density at radius 1 is 1.12 bits per heavy atom. The first-order valence-electron chi connectivity index (χ1n) is 9.15. The molecule has 26 heavy (non-hydrogen) atoms. The summed E-state index contributed by atoms with van der Waals surface area (Å²) in [5.41, 5.74) is 1.85. The van der Waals surface area contributed by atoms with Crippen molar-refractivity contribution >= 4 is 11.8 Å². The molecule has 0 bridgehead atoms. The maximum atomic E-state index is 13.2. The van der Waals surface area contributed by atoms with Crippen molar-refractivity contribution in [2.45, 2.75) is 45.2 Å². The average Bonchev–Trinajstić information content (AvgIpc) is 2.93. The number of nitrogens with one attached hydrogen (secondary N) is 1. The second-order valence-electron chi connectivity index (χ2n) is 7.41. The van der Waals surface area contributed by atoms with E-state index in [1.807, 2.05) is 68.1 Å². The Morgan fingerprint density at radius 2 is 1.77 bits per heavy atom. The van der Waals surface area contributed by atoms with Crippen molar-refractivity contribution in [2.75, 3.05) is 6.54 Å². The van der Waals surface area contributed by atoms with Gasteiger partial charge in [0.05, 0.1) is 0 Å². The molecule has 0 radical (unpaired) electrons. The van der Waals surface area contributed by atoms with Gasteiger partial charge in [0.1, 0.15) is 5.54 Å². The van der Waals surface area contributed by atoms with Gasteiger partial charge in [-0.25, -0.2) is 0 Å². The standard InChI is InChI=1S/C22H26N2O2/c1-16(2)24-14-13-22(21(24)26,15-18-7-5-4-6-8-18)23-20(25)19-11-9-17(3)10-12-19/h4-12,16H,13-15H2,1-3H3,(H,23,25). The Balaban J connectivity index is 1.89. The van der Waals surface area contributed by atoms with Crippen LogP contribution in [0.1, 0.15) is 41.8 Å². The van der Waals surface area contributed by atoms with Gasteiger partial charge in [0.2, 0.25) is 5.91 Å². The Bertz CT molecular complexity index is 784. The normalized spacial score (nSPS) is 19.8. The topological polar surface area (TPSA) is 49.4 Å². The van der Waals surface area contributed by atoms with Crippen LogP contribution in [0.5, 0.6) is 0 Å². The number of nitrogens with zero attached hydrogens (tertiary/aromatic N) is 1. The number of aryl methyl sites for hydroxylation is 1. The van der Waals surface area contributed by atoms with Crippen molar-refractivity contribution in [3.8, 4) is 0 Å². The number of hydrogen-bond donors (Lipinski definition) is 1. The van der Waals surface area contributed by atoms with Crippen LogP contribution < -0.4 is 5.32 Å². The van der Waals surface area contributed by atoms with Crippen LogP contribution in [0.3, 0.4) is 0 Å². The fourth-order valence-corrected chi connectivity index (χ4v) is 3.55. The lowest BCUT2D eigenvalue weighted by atomic mass is 9.88. The molecule has 136 valence electrons. The van der Waals surface area contributed by atoms with Crippen LogP contribution in [-0.2, 0) is 11.2 Å². The second kappa shape index (κ2) is 7.32. The van der Waals surface area contributed by atoms with Gasteiger partial charge in [0.15, 0.2) is 0 Å². The predicted molar refractivity (Wildman–Crippen MR) is 103 cm³/mol. The number of rotatable bonds is 5. The molecule has 3 rings (SSSR count). The van der Waals surface area contributed by atoms with Crippen molar-refractivity contribution in [3.63, 3.8) is 0 Å². The monoisotopic (exact) mass is 350 g/mol. The molecule has 2 aromatic carbocycles. The van der Waals surface area contributed by atoms with E-state index in [-0.39, 0.29) is 17.9 Å². The molecule has 1 atom stereocenters. The van der Waals surface area contributed by atoms with Crippen LogP contribution in [0.2, 0.25) is 0 Å². The zero-order valence-electron chi connectivity index (χ0n) is 15.7. The third-order valence-electron chi connectivity index (χ3n) is 5.09. The zero-order valence-corrected chi connectivity index (χ0v) is 15.7. The van der Waals surface area contributed by atoms with E-state index >= 15 is 0 Å². The molecule has 2 aromatic rings. The zero-order chi connectivity index (χ0) is 18.7. The van der Waals surface area contributed by atoms with Gasteiger partial charge in [-0.2, -0.15) is 0 Å². The predicted octanol–water partition coefficient (Wildman–Crippen LogP) is 3.35. The minimum atomic E-state index is -0.881. The molecule has 4 heteroatoms. The Morgan fingerprint density at radius 3 is 2.35 bits per heavy atom. The van der Waals surface area contributed by atoms with Crippen LogP contribution in [0.25, 0.3) is 0 Å². The smallest absolute Gasteiger partial charge is 0.252 e. The van der Waals surface area contributed by atoms with Gasteiger partial charge in [-0.05, 0) is 44.9 Å². The molecule has 2 amide bonds. The van der Waals surface area contributed by atoms with Gasteiger partial charge >= 0.3 is 0 Å². The second-order valence-corrected chi connectivity index (χ2v) is 7.41. The first-order valence-corrected chi connectivity index (χ1v) is 9.15. The fourth-order valence-electron chi connectivity index (χ4n) is 3.55. The number of carbonyl (C=O) groups excluding carboxylic acids is 2. The minimum Gasteiger partial charge on any atom is -0.338 e. The van der Waals surface area contributed by atoms with Crippen molar-refractivity contribution < 1.29 is 9.59 Å². The molecule has 4 nitrogen and oxygen atoms in total. The molecule has 0 aromatic heterocycles. The van der Waals surface area contributed by atoms with E-state index < -0.39 is 5.54 Å². The number of likely N-dealkylation sites (tertiary alicyclic amines) is 1. The highest BCUT2D eigenvalue weighted by Gasteiger charge is 2.48. The SMILES string of the molecule is Cc1ccc(C(=O)NC2(Cc3ccccc3)CCN(C(C)C)C2=O)cc1. The molecule has 1 N–H and O–H groups in total. The summed E-state index contributed by atoms with van der Waals surface area (Å²) in [5, 5.41) is 3.08. The van der Waals surface area contributed by atoms with E-state index in [9.17, 15) is 9.59 Å². The molecule has 0 spiro atoms. The Labute approximate surface area is 155 Å². The highest BCUT2D eigenvalue weighted by atomic mass is 16.2. The molecule has 0 aliphatic carbocycles. The molecular weight excluding hydrogens is 324 g/mol. The number of hydrogen-bond acceptors (Lipinski definition) is 2. The van der Waals surface area contributed by atoms with Crippen LogP contribution in [-0.4, -0.2) is 34.8 Å². The largest absolute Gasteiger partial charge is 0.338 e. The molecule has 0 saturated carbocycles. The highest BCUT2D eigenvalue weighted by molar-refractivity contribution is 6.00. The van der Waals surface area contributed by atoms with Gasteiger partial charge in [0.25, 0.3) is 5.91 Å². The molecule has 1 saturated heterocycles. The van der Waals surface area contributed by atoms with Crippen molar-refractivity contribution in [3.05, 3.63) is 71.3 Å². The van der Waals surface area contributed by atoms with Crippen molar-refractivity contribution in [2.24, 2.45) is 0 Å². The third kappa shape index (κ3) is 3.64. The van der Waals surface area contributed by atoms with E-state index in [1.165, 1.54) is 0 Å². The summed E-state index contributed by atoms with van der Waals surface area (Å²) in [6.07, 6.45) is 1.13. The third-order valence-corrected chi connectivity index (χ3v) is 5.09. The van der Waals surface area contributed by atoms with E-state index in [0.717, 1.165) is 11.1 Å². The lowest BCUT2D eigenvalue weighted by molar-refractivity contribution is -0.134. The first kappa shape index (κ1) is 18.2. The number of amides is 2. The van der Waals surface area contributed by atoms with Gasteiger partial charge in [-0.3, -0.25) is 9.59 Å². The van der Waals surface area contributed by atoms with Crippen LogP contribution in [0, 0.1) is 6.92 Å². The average molecular weight is 350 g/mol. The lowest BCUT2D eigenvalue weighted by Gasteiger charge is -2.30. The van der Waals surface area contributed by atoms with Crippen molar-refractivity contribution in [1.82, 2.24) is 10.2 Å². The summed E-state index contributed by atoms with van der Waals surface area (Å²) < 4.78 is 0. The minimum absolute atomic E-state index is 0.0109. The molecule has 1 fully saturated rings. The Kier molecular flexibility index (Phi) is 5.12. The molecular formula is C22H26N2O2. The summed E-state index contributed by atoms with van der Waals surface area (Å²) >= 11 is 0. The summed E-state index contributed by atoms with van der Waals surface area (Å²) in [6, 6.07) is 17.5. The quantitative estimate of drug-likeness (QED) is 0.899. The van der Waals surface area contributed by atoms with E-state index in [1.54, 1.807) is 12.1 Å². The Hall–Kier alpha value is -2.62. The van der Waals surface area contributed by atoms with Gasteiger partial charge in [-0.15, -0.1) is 0 Å². The summed E-state index contributed by atoms with van der Waals surface area (Å²) in [4.78, 5) is 27.9.